The van der Waals surface area contributed by atoms with E-state index in [1.54, 1.807) is 24.3 Å². The molecular weight excluding hydrogens is 342 g/mol. The third-order valence-corrected chi connectivity index (χ3v) is 4.55. The van der Waals surface area contributed by atoms with Crippen molar-refractivity contribution < 1.29 is 19.1 Å². The molecule has 0 aromatic heterocycles. The highest BCUT2D eigenvalue weighted by Crippen LogP contribution is 2.28. The molecule has 0 spiro atoms. The number of nitrogens with one attached hydrogen (secondary N) is 1. The lowest BCUT2D eigenvalue weighted by molar-refractivity contribution is -0.150. The molecule has 0 saturated carbocycles. The lowest BCUT2D eigenvalue weighted by atomic mass is 9.86. The second-order valence-corrected chi connectivity index (χ2v) is 6.56. The van der Waals surface area contributed by atoms with E-state index < -0.39 is 17.8 Å². The Hall–Kier alpha value is -2.95. The number of rotatable bonds is 8. The van der Waals surface area contributed by atoms with Gasteiger partial charge in [-0.2, -0.15) is 0 Å². The average molecular weight is 367 g/mol. The molecular formula is C22H25NO4. The molecule has 0 radical (unpaired) electrons. The normalized spacial score (nSPS) is 12.7. The summed E-state index contributed by atoms with van der Waals surface area (Å²) in [5.74, 6) is -1.17. The Morgan fingerprint density at radius 1 is 1.00 bits per heavy atom. The van der Waals surface area contributed by atoms with Crippen molar-refractivity contribution in [3.05, 3.63) is 65.7 Å². The van der Waals surface area contributed by atoms with Crippen LogP contribution in [0.25, 0.3) is 0 Å². The van der Waals surface area contributed by atoms with Gasteiger partial charge in [0.05, 0.1) is 5.92 Å². The maximum atomic E-state index is 12.6. The summed E-state index contributed by atoms with van der Waals surface area (Å²) in [6.07, 6.45) is 0.823. The van der Waals surface area contributed by atoms with Crippen molar-refractivity contribution in [1.82, 2.24) is 0 Å². The number of anilines is 1. The van der Waals surface area contributed by atoms with Crippen molar-refractivity contribution in [3.63, 3.8) is 0 Å². The highest BCUT2D eigenvalue weighted by atomic mass is 16.5. The summed E-state index contributed by atoms with van der Waals surface area (Å²) in [6, 6.07) is 16.0. The molecule has 2 aromatic rings. The minimum atomic E-state index is -0.421. The van der Waals surface area contributed by atoms with E-state index in [-0.39, 0.29) is 18.3 Å². The van der Waals surface area contributed by atoms with E-state index in [2.05, 4.69) is 5.32 Å². The molecule has 1 amide bonds. The molecule has 0 aliphatic carbocycles. The van der Waals surface area contributed by atoms with Gasteiger partial charge in [0, 0.05) is 11.3 Å². The fourth-order valence-electron chi connectivity index (χ4n) is 2.80. The molecule has 1 N–H and O–H groups in total. The fourth-order valence-corrected chi connectivity index (χ4v) is 2.80. The summed E-state index contributed by atoms with van der Waals surface area (Å²) < 4.78 is 5.27. The van der Waals surface area contributed by atoms with Gasteiger partial charge in [-0.05, 0) is 42.7 Å². The second-order valence-electron chi connectivity index (χ2n) is 6.56. The predicted octanol–water partition coefficient (Wildman–Crippen LogP) is 4.20. The molecule has 0 heterocycles. The Kier molecular flexibility index (Phi) is 7.29. The van der Waals surface area contributed by atoms with Gasteiger partial charge in [0.25, 0.3) is 5.91 Å². The Bertz CT molecular complexity index is 784. The molecule has 5 nitrogen and oxygen atoms in total. The van der Waals surface area contributed by atoms with Gasteiger partial charge in [0.15, 0.2) is 12.4 Å². The highest BCUT2D eigenvalue weighted by molar-refractivity contribution is 5.96. The molecule has 2 aromatic carbocycles. The van der Waals surface area contributed by atoms with Crippen molar-refractivity contribution in [2.45, 2.75) is 33.1 Å². The van der Waals surface area contributed by atoms with Gasteiger partial charge in [0.2, 0.25) is 0 Å². The first-order valence-corrected chi connectivity index (χ1v) is 9.04. The van der Waals surface area contributed by atoms with Gasteiger partial charge in [-0.3, -0.25) is 14.4 Å². The van der Waals surface area contributed by atoms with Gasteiger partial charge in [-0.1, -0.05) is 50.6 Å². The Morgan fingerprint density at radius 2 is 1.63 bits per heavy atom. The zero-order valence-corrected chi connectivity index (χ0v) is 15.9. The van der Waals surface area contributed by atoms with Crippen molar-refractivity contribution in [3.8, 4) is 0 Å². The molecule has 5 heteroatoms. The zero-order valence-electron chi connectivity index (χ0n) is 15.9. The first kappa shape index (κ1) is 20.4. The Labute approximate surface area is 159 Å². The SMILES string of the molecule is CC[C@@H](C)[C@H](C(=O)OCC(=O)Nc1ccc(C(C)=O)cc1)c1ccccc1. The molecule has 0 aliphatic rings. The summed E-state index contributed by atoms with van der Waals surface area (Å²) in [6.45, 7) is 5.14. The summed E-state index contributed by atoms with van der Waals surface area (Å²) in [7, 11) is 0. The molecule has 27 heavy (non-hydrogen) atoms. The minimum Gasteiger partial charge on any atom is -0.455 e. The van der Waals surface area contributed by atoms with Gasteiger partial charge >= 0.3 is 5.97 Å². The number of benzene rings is 2. The van der Waals surface area contributed by atoms with E-state index in [0.717, 1.165) is 12.0 Å². The maximum absolute atomic E-state index is 12.6. The third kappa shape index (κ3) is 5.78. The second kappa shape index (κ2) is 9.67. The van der Waals surface area contributed by atoms with Crippen LogP contribution in [0.4, 0.5) is 5.69 Å². The number of carbonyl (C=O) groups excluding carboxylic acids is 3. The first-order chi connectivity index (χ1) is 12.9. The number of esters is 1. The van der Waals surface area contributed by atoms with E-state index in [9.17, 15) is 14.4 Å². The van der Waals surface area contributed by atoms with Crippen LogP contribution in [-0.4, -0.2) is 24.3 Å². The summed E-state index contributed by atoms with van der Waals surface area (Å²) in [4.78, 5) is 35.9. The fraction of sp³-hybridized carbons (Fsp3) is 0.318. The standard InChI is InChI=1S/C22H25NO4/c1-4-15(2)21(18-8-6-5-7-9-18)22(26)27-14-20(25)23-19-12-10-17(11-13-19)16(3)24/h5-13,15,21H,4,14H2,1-3H3,(H,23,25)/t15-,21+/m1/s1. The van der Waals surface area contributed by atoms with Crippen LogP contribution >= 0.6 is 0 Å². The summed E-state index contributed by atoms with van der Waals surface area (Å²) in [5, 5.41) is 2.66. The lowest BCUT2D eigenvalue weighted by Gasteiger charge is -2.21. The van der Waals surface area contributed by atoms with E-state index in [1.807, 2.05) is 44.2 Å². The highest BCUT2D eigenvalue weighted by Gasteiger charge is 2.27. The van der Waals surface area contributed by atoms with Crippen molar-refractivity contribution in [2.24, 2.45) is 5.92 Å². The average Bonchev–Trinajstić information content (AvgIpc) is 2.67. The topological polar surface area (TPSA) is 72.5 Å². The molecule has 0 bridgehead atoms. The third-order valence-electron chi connectivity index (χ3n) is 4.55. The van der Waals surface area contributed by atoms with Crippen LogP contribution in [0.15, 0.2) is 54.6 Å². The molecule has 2 rings (SSSR count). The lowest BCUT2D eigenvalue weighted by Crippen LogP contribution is -2.26. The number of ether oxygens (including phenoxy) is 1. The molecule has 0 unspecified atom stereocenters. The van der Waals surface area contributed by atoms with Crippen LogP contribution in [0.5, 0.6) is 0 Å². The number of carbonyl (C=O) groups is 3. The predicted molar refractivity (Wildman–Crippen MR) is 105 cm³/mol. The van der Waals surface area contributed by atoms with E-state index in [4.69, 9.17) is 4.74 Å². The van der Waals surface area contributed by atoms with Gasteiger partial charge in [-0.15, -0.1) is 0 Å². The molecule has 142 valence electrons. The zero-order chi connectivity index (χ0) is 19.8. The molecule has 0 saturated heterocycles. The number of hydrogen-bond donors (Lipinski definition) is 1. The smallest absolute Gasteiger partial charge is 0.314 e. The summed E-state index contributed by atoms with van der Waals surface area (Å²) in [5.41, 5.74) is 2.00. The van der Waals surface area contributed by atoms with Gasteiger partial charge < -0.3 is 10.1 Å². The van der Waals surface area contributed by atoms with E-state index in [1.165, 1.54) is 6.92 Å². The van der Waals surface area contributed by atoms with Crippen LogP contribution in [0.3, 0.4) is 0 Å². The number of amides is 1. The monoisotopic (exact) mass is 367 g/mol. The van der Waals surface area contributed by atoms with Gasteiger partial charge in [0.1, 0.15) is 0 Å². The van der Waals surface area contributed by atoms with Crippen molar-refractivity contribution in [1.29, 1.82) is 0 Å². The number of Topliss-reactive ketones (excluding diaryl/α,β-unsaturated/α-hetero) is 1. The van der Waals surface area contributed by atoms with Gasteiger partial charge in [-0.25, -0.2) is 0 Å². The summed E-state index contributed by atoms with van der Waals surface area (Å²) >= 11 is 0. The quantitative estimate of drug-likeness (QED) is 0.561. The van der Waals surface area contributed by atoms with Crippen molar-refractivity contribution in [2.75, 3.05) is 11.9 Å². The number of hydrogen-bond acceptors (Lipinski definition) is 4. The van der Waals surface area contributed by atoms with E-state index in [0.29, 0.717) is 11.3 Å². The Balaban J connectivity index is 1.95. The molecule has 0 fully saturated rings. The molecule has 2 atom stereocenters. The van der Waals surface area contributed by atoms with Crippen LogP contribution in [0, 0.1) is 5.92 Å². The number of ketones is 1. The molecule has 0 aliphatic heterocycles. The van der Waals surface area contributed by atoms with Crippen LogP contribution in [0.1, 0.15) is 49.0 Å². The van der Waals surface area contributed by atoms with Crippen LogP contribution < -0.4 is 5.32 Å². The van der Waals surface area contributed by atoms with Crippen LogP contribution in [-0.2, 0) is 14.3 Å². The Morgan fingerprint density at radius 3 is 2.19 bits per heavy atom. The first-order valence-electron chi connectivity index (χ1n) is 9.04. The van der Waals surface area contributed by atoms with Crippen molar-refractivity contribution >= 4 is 23.3 Å². The van der Waals surface area contributed by atoms with E-state index >= 15 is 0 Å². The maximum Gasteiger partial charge on any atom is 0.314 e. The van der Waals surface area contributed by atoms with Crippen LogP contribution in [0.2, 0.25) is 0 Å². The minimum absolute atomic E-state index is 0.0428. The largest absolute Gasteiger partial charge is 0.455 e.